The van der Waals surface area contributed by atoms with Crippen molar-refractivity contribution in [1.29, 1.82) is 0 Å². The number of carbonyl (C=O) groups is 3. The third-order valence-electron chi connectivity index (χ3n) is 4.53. The summed E-state index contributed by atoms with van der Waals surface area (Å²) in [4.78, 5) is 35.8. The number of ether oxygens (including phenoxy) is 3. The third-order valence-corrected chi connectivity index (χ3v) is 4.53. The van der Waals surface area contributed by atoms with E-state index in [4.69, 9.17) is 9.47 Å². The average Bonchev–Trinajstić information content (AvgIpc) is 2.55. The molecule has 2 aliphatic rings. The van der Waals surface area contributed by atoms with Crippen LogP contribution in [-0.2, 0) is 23.8 Å². The van der Waals surface area contributed by atoms with Gasteiger partial charge in [-0.1, -0.05) is 0 Å². The zero-order chi connectivity index (χ0) is 22.7. The van der Waals surface area contributed by atoms with Gasteiger partial charge >= 0.3 is 12.5 Å². The average molecular weight is 443 g/mol. The summed E-state index contributed by atoms with van der Waals surface area (Å²) in [6.45, 7) is 4.57. The predicted molar refractivity (Wildman–Crippen MR) is 92.4 cm³/mol. The lowest BCUT2D eigenvalue weighted by atomic mass is 9.79. The van der Waals surface area contributed by atoms with Crippen LogP contribution in [0.2, 0.25) is 0 Å². The highest BCUT2D eigenvalue weighted by Gasteiger charge is 2.53. The number of alkyl halides is 4. The molecular weight excluding hydrogens is 418 g/mol. The van der Waals surface area contributed by atoms with Gasteiger partial charge in [0, 0.05) is 6.42 Å². The highest BCUT2D eigenvalue weighted by atomic mass is 19.4. The molecule has 1 saturated heterocycles. The van der Waals surface area contributed by atoms with Gasteiger partial charge in [-0.05, 0) is 40.0 Å². The smallest absolute Gasteiger partial charge is 0.444 e. The molecule has 172 valence electrons. The van der Waals surface area contributed by atoms with E-state index in [1.807, 2.05) is 10.9 Å². The minimum absolute atomic E-state index is 0.154. The Bertz CT molecular complexity index is 663. The summed E-state index contributed by atoms with van der Waals surface area (Å²) in [6, 6.07) is -1.04. The first-order valence-corrected chi connectivity index (χ1v) is 9.33. The number of halogens is 4. The maximum absolute atomic E-state index is 14.3. The molecule has 0 unspecified atom stereocenters. The number of nitrogens with one attached hydrogen (secondary N) is 3. The fraction of sp³-hybridized carbons (Fsp3) is 0.824. The lowest BCUT2D eigenvalue weighted by molar-refractivity contribution is -0.370. The Morgan fingerprint density at radius 3 is 2.20 bits per heavy atom. The van der Waals surface area contributed by atoms with E-state index in [2.05, 4.69) is 10.1 Å². The molecule has 0 bridgehead atoms. The summed E-state index contributed by atoms with van der Waals surface area (Å²) in [5.74, 6) is -2.10. The Morgan fingerprint density at radius 1 is 1.10 bits per heavy atom. The van der Waals surface area contributed by atoms with Crippen LogP contribution in [0.25, 0.3) is 0 Å². The molecule has 0 aromatic carbocycles. The maximum atomic E-state index is 14.3. The van der Waals surface area contributed by atoms with Gasteiger partial charge in [-0.3, -0.25) is 25.2 Å². The Balaban J connectivity index is 1.81. The molecule has 13 heteroatoms. The second kappa shape index (κ2) is 8.92. The second-order valence-electron chi connectivity index (χ2n) is 8.17. The normalized spacial score (nSPS) is 26.2. The van der Waals surface area contributed by atoms with Crippen molar-refractivity contribution in [3.05, 3.63) is 0 Å². The van der Waals surface area contributed by atoms with E-state index in [0.29, 0.717) is 6.42 Å². The topological polar surface area (TPSA) is 115 Å². The molecule has 0 aromatic rings. The molecular formula is C17H25F4N3O6. The molecule has 3 amide bonds. The van der Waals surface area contributed by atoms with E-state index in [1.54, 1.807) is 20.8 Å². The van der Waals surface area contributed by atoms with Crippen molar-refractivity contribution < 1.29 is 46.2 Å². The largest absolute Gasteiger partial charge is 0.523 e. The summed E-state index contributed by atoms with van der Waals surface area (Å²) >= 11 is 0. The van der Waals surface area contributed by atoms with Gasteiger partial charge in [0.05, 0.1) is 12.6 Å². The lowest BCUT2D eigenvalue weighted by Gasteiger charge is -2.39. The van der Waals surface area contributed by atoms with Crippen LogP contribution in [-0.4, -0.2) is 60.4 Å². The lowest BCUT2D eigenvalue weighted by Crippen LogP contribution is -2.61. The van der Waals surface area contributed by atoms with Crippen LogP contribution in [0.4, 0.5) is 22.4 Å². The van der Waals surface area contributed by atoms with Crippen molar-refractivity contribution in [2.24, 2.45) is 0 Å². The van der Waals surface area contributed by atoms with Gasteiger partial charge in [0.15, 0.2) is 5.60 Å². The number of hydrogen-bond donors (Lipinski definition) is 3. The Kier molecular flexibility index (Phi) is 7.17. The highest BCUT2D eigenvalue weighted by Crippen LogP contribution is 2.40. The predicted octanol–water partition coefficient (Wildman–Crippen LogP) is 1.61. The van der Waals surface area contributed by atoms with Crippen molar-refractivity contribution >= 4 is 17.9 Å². The fourth-order valence-electron chi connectivity index (χ4n) is 2.94. The number of amides is 3. The van der Waals surface area contributed by atoms with E-state index < -0.39 is 60.2 Å². The molecule has 30 heavy (non-hydrogen) atoms. The molecule has 1 saturated carbocycles. The van der Waals surface area contributed by atoms with Crippen LogP contribution in [0.5, 0.6) is 0 Å². The highest BCUT2D eigenvalue weighted by molar-refractivity contribution is 5.89. The van der Waals surface area contributed by atoms with Gasteiger partial charge in [0.1, 0.15) is 17.9 Å². The standard InChI is InChI=1S/C17H25F4N3O6/c1-15(2,3)29-14(27)22-10-8-28-11(7-9(10)18)12(25)23-24-13(26)16(5-4-6-16)30-17(19,20)21/h9-11H,4-8H2,1-3H3,(H,22,27)(H,23,25)(H,24,26)/t9-,10-,11-/m0/s1. The van der Waals surface area contributed by atoms with Gasteiger partial charge in [0.25, 0.3) is 11.8 Å². The third kappa shape index (κ3) is 6.69. The molecule has 9 nitrogen and oxygen atoms in total. The SMILES string of the molecule is CC(C)(C)OC(=O)N[C@H]1CO[C@H](C(=O)NNC(=O)C2(OC(F)(F)F)CCC2)C[C@@H]1F. The molecule has 3 N–H and O–H groups in total. The summed E-state index contributed by atoms with van der Waals surface area (Å²) in [7, 11) is 0. The van der Waals surface area contributed by atoms with Gasteiger partial charge in [-0.15, -0.1) is 13.2 Å². The quantitative estimate of drug-likeness (QED) is 0.449. The van der Waals surface area contributed by atoms with Gasteiger partial charge in [-0.25, -0.2) is 9.18 Å². The monoisotopic (exact) mass is 443 g/mol. The van der Waals surface area contributed by atoms with E-state index in [9.17, 15) is 31.9 Å². The Labute approximate surface area is 170 Å². The summed E-state index contributed by atoms with van der Waals surface area (Å²) in [6.07, 6.45) is -9.19. The van der Waals surface area contributed by atoms with Crippen LogP contribution in [0.15, 0.2) is 0 Å². The first-order chi connectivity index (χ1) is 13.7. The summed E-state index contributed by atoms with van der Waals surface area (Å²) in [5.41, 5.74) is 0.932. The number of rotatable bonds is 4. The number of alkyl carbamates (subject to hydrolysis) is 1. The molecule has 1 aliphatic heterocycles. The van der Waals surface area contributed by atoms with Crippen LogP contribution in [0.1, 0.15) is 46.5 Å². The number of carbonyl (C=O) groups excluding carboxylic acids is 3. The molecule has 0 radical (unpaired) electrons. The Hall–Kier alpha value is -2.15. The Morgan fingerprint density at radius 2 is 1.73 bits per heavy atom. The van der Waals surface area contributed by atoms with Gasteiger partial charge in [0.2, 0.25) is 0 Å². The molecule has 0 spiro atoms. The van der Waals surface area contributed by atoms with Crippen LogP contribution >= 0.6 is 0 Å². The molecule has 3 atom stereocenters. The van der Waals surface area contributed by atoms with Crippen LogP contribution in [0.3, 0.4) is 0 Å². The minimum atomic E-state index is -5.01. The van der Waals surface area contributed by atoms with Crippen molar-refractivity contribution in [2.75, 3.05) is 6.61 Å². The molecule has 1 aliphatic carbocycles. The first-order valence-electron chi connectivity index (χ1n) is 9.33. The van der Waals surface area contributed by atoms with Crippen molar-refractivity contribution in [1.82, 2.24) is 16.2 Å². The number of hydrogen-bond acceptors (Lipinski definition) is 6. The molecule has 2 rings (SSSR count). The molecule has 1 heterocycles. The van der Waals surface area contributed by atoms with Gasteiger partial charge < -0.3 is 14.8 Å². The summed E-state index contributed by atoms with van der Waals surface area (Å²) < 4.78 is 65.9. The van der Waals surface area contributed by atoms with Crippen molar-refractivity contribution in [3.63, 3.8) is 0 Å². The second-order valence-corrected chi connectivity index (χ2v) is 8.17. The van der Waals surface area contributed by atoms with E-state index in [0.717, 1.165) is 0 Å². The zero-order valence-corrected chi connectivity index (χ0v) is 16.7. The first kappa shape index (κ1) is 24.1. The van der Waals surface area contributed by atoms with E-state index in [1.165, 1.54) is 0 Å². The molecule has 2 fully saturated rings. The minimum Gasteiger partial charge on any atom is -0.444 e. The van der Waals surface area contributed by atoms with Crippen molar-refractivity contribution in [2.45, 2.75) is 82.3 Å². The van der Waals surface area contributed by atoms with E-state index >= 15 is 0 Å². The van der Waals surface area contributed by atoms with Crippen LogP contribution in [0, 0.1) is 0 Å². The maximum Gasteiger partial charge on any atom is 0.523 e. The zero-order valence-electron chi connectivity index (χ0n) is 16.7. The van der Waals surface area contributed by atoms with Crippen molar-refractivity contribution in [3.8, 4) is 0 Å². The summed E-state index contributed by atoms with van der Waals surface area (Å²) in [5, 5.41) is 2.31. The fourth-order valence-corrected chi connectivity index (χ4v) is 2.94. The molecule has 0 aromatic heterocycles. The van der Waals surface area contributed by atoms with E-state index in [-0.39, 0.29) is 19.4 Å². The van der Waals surface area contributed by atoms with Gasteiger partial charge in [-0.2, -0.15) is 0 Å². The number of hydrazine groups is 1. The van der Waals surface area contributed by atoms with Crippen LogP contribution < -0.4 is 16.2 Å².